The number of hydrogen-bond acceptors (Lipinski definition) is 3. The third-order valence-corrected chi connectivity index (χ3v) is 3.26. The maximum absolute atomic E-state index is 11.6. The lowest BCUT2D eigenvalue weighted by Gasteiger charge is -2.21. The number of nitrogens with one attached hydrogen (secondary N) is 1. The molecule has 0 aromatic rings. The van der Waals surface area contributed by atoms with Gasteiger partial charge in [-0.3, -0.25) is 4.79 Å². The minimum absolute atomic E-state index is 0.0168. The van der Waals surface area contributed by atoms with Crippen LogP contribution in [0.5, 0.6) is 0 Å². The van der Waals surface area contributed by atoms with Crippen LogP contribution >= 0.6 is 0 Å². The van der Waals surface area contributed by atoms with Crippen LogP contribution < -0.4 is 10.4 Å². The first-order chi connectivity index (χ1) is 8.18. The number of carboxylic acid groups (broad SMARTS) is 1. The van der Waals surface area contributed by atoms with Crippen LogP contribution in [0.3, 0.4) is 0 Å². The Morgan fingerprint density at radius 3 is 2.18 bits per heavy atom. The molecule has 0 aliphatic heterocycles. The predicted molar refractivity (Wildman–Crippen MR) is 63.1 cm³/mol. The lowest BCUT2D eigenvalue weighted by Crippen LogP contribution is -2.35. The molecule has 1 aliphatic rings. The van der Waals surface area contributed by atoms with Gasteiger partial charge >= 0.3 is 0 Å². The summed E-state index contributed by atoms with van der Waals surface area (Å²) >= 11 is 0. The largest absolute Gasteiger partial charge is 0.550 e. The number of hydrogen-bond donors (Lipinski definition) is 1. The molecule has 0 unspecified atom stereocenters. The van der Waals surface area contributed by atoms with Crippen molar-refractivity contribution in [3.05, 3.63) is 0 Å². The standard InChI is InChI=1S/C13H23NO3/c15-12(9-6-10-13(16)17)14-11-7-4-2-1-3-5-8-11/h11H,1-10H2,(H,14,15)(H,16,17)/p-1. The monoisotopic (exact) mass is 240 g/mol. The molecule has 0 atom stereocenters. The Labute approximate surface area is 103 Å². The molecule has 4 nitrogen and oxygen atoms in total. The summed E-state index contributed by atoms with van der Waals surface area (Å²) in [6.45, 7) is 0. The molecule has 1 fully saturated rings. The molecule has 0 radical (unpaired) electrons. The number of amides is 1. The van der Waals surface area contributed by atoms with Gasteiger partial charge in [0.25, 0.3) is 0 Å². The normalized spacial score (nSPS) is 18.1. The van der Waals surface area contributed by atoms with Gasteiger partial charge in [-0.1, -0.05) is 32.1 Å². The van der Waals surface area contributed by atoms with Crippen molar-refractivity contribution in [2.45, 2.75) is 70.3 Å². The summed E-state index contributed by atoms with van der Waals surface area (Å²) in [4.78, 5) is 21.8. The van der Waals surface area contributed by atoms with Crippen molar-refractivity contribution in [3.8, 4) is 0 Å². The van der Waals surface area contributed by atoms with Crippen molar-refractivity contribution in [3.63, 3.8) is 0 Å². The summed E-state index contributed by atoms with van der Waals surface area (Å²) in [5.41, 5.74) is 0. The zero-order valence-electron chi connectivity index (χ0n) is 10.4. The van der Waals surface area contributed by atoms with Crippen LogP contribution in [0.1, 0.15) is 64.2 Å². The van der Waals surface area contributed by atoms with Gasteiger partial charge in [0.15, 0.2) is 0 Å². The topological polar surface area (TPSA) is 69.2 Å². The first-order valence-electron chi connectivity index (χ1n) is 6.67. The van der Waals surface area contributed by atoms with E-state index in [0.717, 1.165) is 12.8 Å². The summed E-state index contributed by atoms with van der Waals surface area (Å²) in [5.74, 6) is -1.10. The molecule has 0 aromatic heterocycles. The molecule has 1 saturated carbocycles. The second kappa shape index (κ2) is 8.09. The molecule has 17 heavy (non-hydrogen) atoms. The molecule has 1 aliphatic carbocycles. The van der Waals surface area contributed by atoms with E-state index in [-0.39, 0.29) is 12.3 Å². The van der Waals surface area contributed by atoms with E-state index < -0.39 is 5.97 Å². The quantitative estimate of drug-likeness (QED) is 0.783. The van der Waals surface area contributed by atoms with Gasteiger partial charge in [0.2, 0.25) is 5.91 Å². The van der Waals surface area contributed by atoms with Gasteiger partial charge in [0.1, 0.15) is 0 Å². The van der Waals surface area contributed by atoms with Gasteiger partial charge < -0.3 is 15.2 Å². The number of carbonyl (C=O) groups excluding carboxylic acids is 2. The summed E-state index contributed by atoms with van der Waals surface area (Å²) in [6, 6.07) is 0.297. The van der Waals surface area contributed by atoms with Gasteiger partial charge in [-0.25, -0.2) is 0 Å². The molecule has 0 saturated heterocycles. The van der Waals surface area contributed by atoms with Crippen LogP contribution in [0.4, 0.5) is 0 Å². The van der Waals surface area contributed by atoms with Gasteiger partial charge in [0.05, 0.1) is 0 Å². The molecule has 0 aromatic carbocycles. The highest BCUT2D eigenvalue weighted by atomic mass is 16.4. The van der Waals surface area contributed by atoms with E-state index in [1.807, 2.05) is 0 Å². The van der Waals surface area contributed by atoms with E-state index in [1.165, 1.54) is 32.1 Å². The fraction of sp³-hybridized carbons (Fsp3) is 0.846. The van der Waals surface area contributed by atoms with Crippen molar-refractivity contribution >= 4 is 11.9 Å². The predicted octanol–water partition coefficient (Wildman–Crippen LogP) is 1.14. The lowest BCUT2D eigenvalue weighted by molar-refractivity contribution is -0.305. The molecule has 4 heteroatoms. The van der Waals surface area contributed by atoms with Crippen molar-refractivity contribution < 1.29 is 14.7 Å². The van der Waals surface area contributed by atoms with Crippen LogP contribution in [0.15, 0.2) is 0 Å². The van der Waals surface area contributed by atoms with Crippen LogP contribution in [-0.2, 0) is 9.59 Å². The summed E-state index contributed by atoms with van der Waals surface area (Å²) < 4.78 is 0. The van der Waals surface area contributed by atoms with E-state index in [4.69, 9.17) is 0 Å². The Bertz CT molecular complexity index is 245. The van der Waals surface area contributed by atoms with Crippen LogP contribution in [0, 0.1) is 0 Å². The molecule has 0 bridgehead atoms. The van der Waals surface area contributed by atoms with Gasteiger partial charge in [-0.15, -0.1) is 0 Å². The first kappa shape index (κ1) is 14.0. The number of carboxylic acids is 1. The molecule has 1 N–H and O–H groups in total. The van der Waals surface area contributed by atoms with Gasteiger partial charge in [-0.05, 0) is 25.7 Å². The molecule has 0 spiro atoms. The fourth-order valence-corrected chi connectivity index (χ4v) is 2.29. The molecule has 1 rings (SSSR count). The minimum atomic E-state index is -1.08. The third kappa shape index (κ3) is 6.97. The van der Waals surface area contributed by atoms with Crippen molar-refractivity contribution in [1.29, 1.82) is 0 Å². The van der Waals surface area contributed by atoms with Crippen molar-refractivity contribution in [2.75, 3.05) is 0 Å². The minimum Gasteiger partial charge on any atom is -0.550 e. The zero-order chi connectivity index (χ0) is 12.5. The fourth-order valence-electron chi connectivity index (χ4n) is 2.29. The van der Waals surface area contributed by atoms with Crippen LogP contribution in [-0.4, -0.2) is 17.9 Å². The summed E-state index contributed by atoms with van der Waals surface area (Å²) in [7, 11) is 0. The van der Waals surface area contributed by atoms with Gasteiger partial charge in [0, 0.05) is 18.4 Å². The maximum atomic E-state index is 11.6. The Kier molecular flexibility index (Phi) is 6.67. The van der Waals surface area contributed by atoms with Gasteiger partial charge in [-0.2, -0.15) is 0 Å². The second-order valence-corrected chi connectivity index (χ2v) is 4.84. The van der Waals surface area contributed by atoms with Crippen molar-refractivity contribution in [1.82, 2.24) is 5.32 Å². The number of aliphatic carboxylic acids is 1. The smallest absolute Gasteiger partial charge is 0.220 e. The molecular weight excluding hydrogens is 218 g/mol. The highest BCUT2D eigenvalue weighted by Gasteiger charge is 2.13. The van der Waals surface area contributed by atoms with E-state index >= 15 is 0 Å². The van der Waals surface area contributed by atoms with Crippen molar-refractivity contribution in [2.24, 2.45) is 0 Å². The second-order valence-electron chi connectivity index (χ2n) is 4.84. The Hall–Kier alpha value is -1.06. The Morgan fingerprint density at radius 2 is 1.59 bits per heavy atom. The number of carbonyl (C=O) groups is 2. The molecule has 1 amide bonds. The van der Waals surface area contributed by atoms with E-state index in [1.54, 1.807) is 0 Å². The molecule has 98 valence electrons. The average Bonchev–Trinajstić information content (AvgIpc) is 2.21. The van der Waals surface area contributed by atoms with E-state index in [9.17, 15) is 14.7 Å². The summed E-state index contributed by atoms with van der Waals surface area (Å²) in [5, 5.41) is 13.2. The highest BCUT2D eigenvalue weighted by Crippen LogP contribution is 2.17. The van der Waals surface area contributed by atoms with E-state index in [0.29, 0.717) is 18.9 Å². The molecule has 0 heterocycles. The number of rotatable bonds is 5. The SMILES string of the molecule is O=C([O-])CCCC(=O)NC1CCCCCCC1. The average molecular weight is 240 g/mol. The van der Waals surface area contributed by atoms with Crippen LogP contribution in [0.2, 0.25) is 0 Å². The maximum Gasteiger partial charge on any atom is 0.220 e. The summed E-state index contributed by atoms with van der Waals surface area (Å²) in [6.07, 6.45) is 8.97. The zero-order valence-corrected chi connectivity index (χ0v) is 10.4. The Morgan fingerprint density at radius 1 is 1.00 bits per heavy atom. The first-order valence-corrected chi connectivity index (χ1v) is 6.67. The van der Waals surface area contributed by atoms with Crippen LogP contribution in [0.25, 0.3) is 0 Å². The highest BCUT2D eigenvalue weighted by molar-refractivity contribution is 5.76. The Balaban J connectivity index is 2.16. The molecular formula is C13H22NO3-. The third-order valence-electron chi connectivity index (χ3n) is 3.26. The lowest BCUT2D eigenvalue weighted by atomic mass is 9.96. The van der Waals surface area contributed by atoms with E-state index in [2.05, 4.69) is 5.32 Å².